The van der Waals surface area contributed by atoms with Gasteiger partial charge in [0.15, 0.2) is 0 Å². The van der Waals surface area contributed by atoms with E-state index in [0.29, 0.717) is 17.7 Å². The van der Waals surface area contributed by atoms with Crippen LogP contribution in [-0.2, 0) is 0 Å². The van der Waals surface area contributed by atoms with Gasteiger partial charge in [0.2, 0.25) is 0 Å². The lowest BCUT2D eigenvalue weighted by Gasteiger charge is -2.19. The quantitative estimate of drug-likeness (QED) is 0.642. The maximum Gasteiger partial charge on any atom is 0.135 e. The molecular formula is C10H12Cl2O3S. The summed E-state index contributed by atoms with van der Waals surface area (Å²) in [5, 5.41) is 28.9. The summed E-state index contributed by atoms with van der Waals surface area (Å²) in [5.41, 5.74) is 0.291. The molecule has 0 saturated heterocycles. The Kier molecular flexibility index (Phi) is 5.21. The lowest BCUT2D eigenvalue weighted by Crippen LogP contribution is -2.19. The summed E-state index contributed by atoms with van der Waals surface area (Å²) in [4.78, 5) is 0. The third-order valence-corrected chi connectivity index (χ3v) is 3.06. The maximum atomic E-state index is 9.81. The van der Waals surface area contributed by atoms with Crippen molar-refractivity contribution < 1.29 is 15.3 Å². The molecule has 3 nitrogen and oxygen atoms in total. The fourth-order valence-corrected chi connectivity index (χ4v) is 1.98. The number of phenolic OH excluding ortho intramolecular Hbond substituents is 1. The Labute approximate surface area is 109 Å². The molecule has 0 fully saturated rings. The summed E-state index contributed by atoms with van der Waals surface area (Å²) in [6, 6.07) is 2.57. The Morgan fingerprint density at radius 2 is 1.81 bits per heavy atom. The molecule has 0 bridgehead atoms. The largest absolute Gasteiger partial charge is 0.506 e. The SMILES string of the molecule is Oc1cc(Cl)c(C(O)C(O)CCS)cc1Cl. The van der Waals surface area contributed by atoms with E-state index in [2.05, 4.69) is 12.6 Å². The summed E-state index contributed by atoms with van der Waals surface area (Å²) >= 11 is 15.5. The summed E-state index contributed by atoms with van der Waals surface area (Å²) in [5.74, 6) is 0.285. The van der Waals surface area contributed by atoms with Gasteiger partial charge in [-0.1, -0.05) is 23.2 Å². The van der Waals surface area contributed by atoms with Crippen LogP contribution in [0.5, 0.6) is 5.75 Å². The molecule has 0 saturated carbocycles. The van der Waals surface area contributed by atoms with Crippen LogP contribution in [0.15, 0.2) is 12.1 Å². The van der Waals surface area contributed by atoms with E-state index in [4.69, 9.17) is 23.2 Å². The average Bonchev–Trinajstić information content (AvgIpc) is 2.23. The molecule has 90 valence electrons. The highest BCUT2D eigenvalue weighted by Crippen LogP contribution is 2.34. The van der Waals surface area contributed by atoms with E-state index in [1.807, 2.05) is 0 Å². The van der Waals surface area contributed by atoms with Crippen molar-refractivity contribution in [1.29, 1.82) is 0 Å². The van der Waals surface area contributed by atoms with Crippen LogP contribution < -0.4 is 0 Å². The molecule has 16 heavy (non-hydrogen) atoms. The zero-order valence-electron chi connectivity index (χ0n) is 8.27. The van der Waals surface area contributed by atoms with Gasteiger partial charge < -0.3 is 15.3 Å². The van der Waals surface area contributed by atoms with Crippen molar-refractivity contribution in [2.75, 3.05) is 5.75 Å². The number of halogens is 2. The highest BCUT2D eigenvalue weighted by Gasteiger charge is 2.21. The molecule has 6 heteroatoms. The van der Waals surface area contributed by atoms with Crippen molar-refractivity contribution in [2.24, 2.45) is 0 Å². The standard InChI is InChI=1S/C10H12Cl2O3S/c11-6-4-9(14)7(12)3-5(6)10(15)8(13)1-2-16/h3-4,8,10,13-16H,1-2H2. The van der Waals surface area contributed by atoms with Crippen LogP contribution in [0.25, 0.3) is 0 Å². The second kappa shape index (κ2) is 5.98. The third kappa shape index (κ3) is 3.18. The van der Waals surface area contributed by atoms with Crippen molar-refractivity contribution in [1.82, 2.24) is 0 Å². The van der Waals surface area contributed by atoms with Crippen molar-refractivity contribution in [3.63, 3.8) is 0 Å². The van der Waals surface area contributed by atoms with Gasteiger partial charge in [0, 0.05) is 11.6 Å². The van der Waals surface area contributed by atoms with Crippen molar-refractivity contribution in [2.45, 2.75) is 18.6 Å². The first-order chi connectivity index (χ1) is 7.47. The van der Waals surface area contributed by atoms with E-state index in [9.17, 15) is 15.3 Å². The van der Waals surface area contributed by atoms with Crippen molar-refractivity contribution in [3.8, 4) is 5.75 Å². The Hall–Kier alpha value is -0.130. The smallest absolute Gasteiger partial charge is 0.135 e. The minimum atomic E-state index is -1.14. The molecule has 2 atom stereocenters. The van der Waals surface area contributed by atoms with Gasteiger partial charge in [0.1, 0.15) is 11.9 Å². The molecule has 1 aromatic rings. The number of benzene rings is 1. The molecule has 0 heterocycles. The zero-order chi connectivity index (χ0) is 12.3. The van der Waals surface area contributed by atoms with Crippen molar-refractivity contribution >= 4 is 35.8 Å². The monoisotopic (exact) mass is 282 g/mol. The van der Waals surface area contributed by atoms with E-state index in [0.717, 1.165) is 0 Å². The van der Waals surface area contributed by atoms with E-state index in [-0.39, 0.29) is 15.8 Å². The van der Waals surface area contributed by atoms with Crippen LogP contribution in [0.3, 0.4) is 0 Å². The zero-order valence-corrected chi connectivity index (χ0v) is 10.7. The molecule has 2 unspecified atom stereocenters. The van der Waals surface area contributed by atoms with Gasteiger partial charge >= 0.3 is 0 Å². The van der Waals surface area contributed by atoms with Crippen LogP contribution in [0.2, 0.25) is 10.0 Å². The van der Waals surface area contributed by atoms with Gasteiger partial charge in [0.25, 0.3) is 0 Å². The second-order valence-electron chi connectivity index (χ2n) is 3.35. The molecule has 0 aliphatic rings. The topological polar surface area (TPSA) is 60.7 Å². The first kappa shape index (κ1) is 13.9. The highest BCUT2D eigenvalue weighted by atomic mass is 35.5. The lowest BCUT2D eigenvalue weighted by atomic mass is 10.0. The minimum absolute atomic E-state index is 0.0801. The van der Waals surface area contributed by atoms with Crippen molar-refractivity contribution in [3.05, 3.63) is 27.7 Å². The van der Waals surface area contributed by atoms with Gasteiger partial charge in [-0.2, -0.15) is 12.6 Å². The number of aliphatic hydroxyl groups is 2. The van der Waals surface area contributed by atoms with E-state index >= 15 is 0 Å². The van der Waals surface area contributed by atoms with Crippen LogP contribution in [0.4, 0.5) is 0 Å². The first-order valence-electron chi connectivity index (χ1n) is 4.62. The third-order valence-electron chi connectivity index (χ3n) is 2.17. The summed E-state index contributed by atoms with van der Waals surface area (Å²) in [6.07, 6.45) is -1.77. The number of thiol groups is 1. The maximum absolute atomic E-state index is 9.81. The number of rotatable bonds is 4. The van der Waals surface area contributed by atoms with Gasteiger partial charge in [-0.3, -0.25) is 0 Å². The molecule has 3 N–H and O–H groups in total. The van der Waals surface area contributed by atoms with Gasteiger partial charge in [0.05, 0.1) is 16.1 Å². The predicted octanol–water partition coefficient (Wildman–Crippen LogP) is 2.41. The number of aliphatic hydroxyl groups excluding tert-OH is 2. The predicted molar refractivity (Wildman–Crippen MR) is 67.6 cm³/mol. The summed E-state index contributed by atoms with van der Waals surface area (Å²) < 4.78 is 0. The number of aromatic hydroxyl groups is 1. The molecule has 1 rings (SSSR count). The van der Waals surface area contributed by atoms with Gasteiger partial charge in [-0.15, -0.1) is 0 Å². The van der Waals surface area contributed by atoms with Crippen LogP contribution in [0.1, 0.15) is 18.1 Å². The minimum Gasteiger partial charge on any atom is -0.506 e. The first-order valence-corrected chi connectivity index (χ1v) is 6.01. The van der Waals surface area contributed by atoms with E-state index in [1.165, 1.54) is 12.1 Å². The molecular weight excluding hydrogens is 271 g/mol. The van der Waals surface area contributed by atoms with Gasteiger partial charge in [-0.25, -0.2) is 0 Å². The Bertz CT molecular complexity index is 373. The summed E-state index contributed by atoms with van der Waals surface area (Å²) in [7, 11) is 0. The molecule has 0 radical (unpaired) electrons. The second-order valence-corrected chi connectivity index (χ2v) is 4.61. The molecule has 0 aliphatic heterocycles. The van der Waals surface area contributed by atoms with Crippen LogP contribution >= 0.6 is 35.8 Å². The average molecular weight is 283 g/mol. The van der Waals surface area contributed by atoms with Crippen LogP contribution in [-0.4, -0.2) is 27.2 Å². The molecule has 0 aromatic heterocycles. The highest BCUT2D eigenvalue weighted by molar-refractivity contribution is 7.80. The fourth-order valence-electron chi connectivity index (χ4n) is 1.28. The normalized spacial score (nSPS) is 14.8. The number of hydrogen-bond acceptors (Lipinski definition) is 4. The van der Waals surface area contributed by atoms with Gasteiger partial charge in [-0.05, 0) is 18.2 Å². The molecule has 0 aliphatic carbocycles. The Morgan fingerprint density at radius 1 is 1.19 bits per heavy atom. The Morgan fingerprint density at radius 3 is 2.38 bits per heavy atom. The molecule has 0 spiro atoms. The summed E-state index contributed by atoms with van der Waals surface area (Å²) in [6.45, 7) is 0. The van der Waals surface area contributed by atoms with Crippen LogP contribution in [0, 0.1) is 0 Å². The van der Waals surface area contributed by atoms with E-state index in [1.54, 1.807) is 0 Å². The molecule has 1 aromatic carbocycles. The number of hydrogen-bond donors (Lipinski definition) is 4. The van der Waals surface area contributed by atoms with E-state index < -0.39 is 12.2 Å². The Balaban J connectivity index is 2.99. The number of phenols is 1. The lowest BCUT2D eigenvalue weighted by molar-refractivity contribution is 0.0173. The molecule has 0 amide bonds. The fraction of sp³-hybridized carbons (Fsp3) is 0.400.